The van der Waals surface area contributed by atoms with Crippen LogP contribution < -0.4 is 10.5 Å². The number of nitrogens with two attached hydrogens (primary N) is 1. The molecule has 2 heterocycles. The molecule has 3 N–H and O–H groups in total. The van der Waals surface area contributed by atoms with Gasteiger partial charge in [0, 0.05) is 39.2 Å². The maximum atomic E-state index is 14.0. The second-order valence-electron chi connectivity index (χ2n) is 8.14. The van der Waals surface area contributed by atoms with Gasteiger partial charge in [0.15, 0.2) is 11.7 Å². The van der Waals surface area contributed by atoms with Crippen LogP contribution in [0.25, 0.3) is 21.7 Å². The van der Waals surface area contributed by atoms with E-state index < -0.39 is 5.92 Å². The van der Waals surface area contributed by atoms with E-state index in [1.165, 1.54) is 0 Å². The lowest BCUT2D eigenvalue weighted by Crippen LogP contribution is -2.26. The van der Waals surface area contributed by atoms with Crippen LogP contribution in [0, 0.1) is 0 Å². The topological polar surface area (TPSA) is 68.1 Å². The predicted molar refractivity (Wildman–Crippen MR) is 132 cm³/mol. The van der Waals surface area contributed by atoms with Crippen LogP contribution in [0.3, 0.4) is 0 Å². The van der Waals surface area contributed by atoms with Gasteiger partial charge in [0.2, 0.25) is 0 Å². The third-order valence-electron chi connectivity index (χ3n) is 6.28. The number of ketones is 1. The lowest BCUT2D eigenvalue weighted by atomic mass is 9.78. The monoisotopic (exact) mass is 450 g/mol. The molecule has 0 aliphatic carbocycles. The van der Waals surface area contributed by atoms with Crippen LogP contribution in [0.2, 0.25) is 5.02 Å². The van der Waals surface area contributed by atoms with Crippen molar-refractivity contribution in [1.82, 2.24) is 4.98 Å². The van der Waals surface area contributed by atoms with Crippen LogP contribution in [0.5, 0.6) is 5.75 Å². The smallest absolute Gasteiger partial charge is 0.199 e. The molecule has 33 heavy (non-hydrogen) atoms. The third kappa shape index (κ3) is 3.11. The van der Waals surface area contributed by atoms with Crippen molar-refractivity contribution in [3.05, 3.63) is 124 Å². The number of allylic oxidation sites excluding steroid dienone is 1. The summed E-state index contributed by atoms with van der Waals surface area (Å²) >= 11 is 6.19. The van der Waals surface area contributed by atoms with Crippen molar-refractivity contribution < 1.29 is 9.53 Å². The van der Waals surface area contributed by atoms with Crippen LogP contribution in [-0.2, 0) is 0 Å². The fourth-order valence-electron chi connectivity index (χ4n) is 4.76. The molecule has 160 valence electrons. The zero-order valence-electron chi connectivity index (χ0n) is 17.5. The molecular formula is C28H19ClN2O2. The van der Waals surface area contributed by atoms with E-state index in [1.54, 1.807) is 6.20 Å². The van der Waals surface area contributed by atoms with E-state index in [4.69, 9.17) is 22.1 Å². The molecule has 6 rings (SSSR count). The molecular weight excluding hydrogens is 432 g/mol. The normalized spacial score (nSPS) is 15.5. The van der Waals surface area contributed by atoms with E-state index in [0.717, 1.165) is 32.8 Å². The largest absolute Gasteiger partial charge is 0.441 e. The van der Waals surface area contributed by atoms with E-state index >= 15 is 0 Å². The Balaban J connectivity index is 1.62. The van der Waals surface area contributed by atoms with E-state index in [-0.39, 0.29) is 11.7 Å². The number of para-hydroxylation sites is 1. The number of carbonyl (C=O) groups is 1. The molecule has 5 aromatic rings. The fourth-order valence-corrected chi connectivity index (χ4v) is 4.88. The van der Waals surface area contributed by atoms with E-state index in [2.05, 4.69) is 17.1 Å². The summed E-state index contributed by atoms with van der Waals surface area (Å²) in [5.41, 5.74) is 10.2. The molecule has 1 aliphatic rings. The Morgan fingerprint density at radius 2 is 1.61 bits per heavy atom. The Bertz CT molecular complexity index is 1580. The van der Waals surface area contributed by atoms with Gasteiger partial charge in [0.1, 0.15) is 5.75 Å². The Kier molecular flexibility index (Phi) is 4.49. The van der Waals surface area contributed by atoms with Crippen LogP contribution in [0.15, 0.2) is 103 Å². The highest BCUT2D eigenvalue weighted by atomic mass is 35.5. The van der Waals surface area contributed by atoms with Crippen molar-refractivity contribution in [1.29, 1.82) is 0 Å². The number of rotatable bonds is 3. The molecule has 1 aromatic heterocycles. The van der Waals surface area contributed by atoms with Crippen LogP contribution in [-0.4, -0.2) is 10.8 Å². The quantitative estimate of drug-likeness (QED) is 0.306. The van der Waals surface area contributed by atoms with Gasteiger partial charge in [-0.15, -0.1) is 0 Å². The van der Waals surface area contributed by atoms with Gasteiger partial charge in [-0.1, -0.05) is 72.3 Å². The van der Waals surface area contributed by atoms with Gasteiger partial charge >= 0.3 is 0 Å². The van der Waals surface area contributed by atoms with Gasteiger partial charge in [-0.05, 0) is 40.6 Å². The maximum absolute atomic E-state index is 14.0. The lowest BCUT2D eigenvalue weighted by molar-refractivity contribution is 0.102. The van der Waals surface area contributed by atoms with Crippen LogP contribution in [0.4, 0.5) is 0 Å². The molecule has 1 unspecified atom stereocenters. The minimum Gasteiger partial charge on any atom is -0.441 e. The number of aromatic nitrogens is 1. The molecule has 0 amide bonds. The molecule has 1 aliphatic heterocycles. The van der Waals surface area contributed by atoms with Crippen molar-refractivity contribution in [2.75, 3.05) is 0 Å². The maximum Gasteiger partial charge on any atom is 0.199 e. The summed E-state index contributed by atoms with van der Waals surface area (Å²) in [7, 11) is 0. The van der Waals surface area contributed by atoms with Crippen LogP contribution in [0.1, 0.15) is 27.4 Å². The molecule has 1 atom stereocenters. The number of ether oxygens (including phenoxy) is 1. The van der Waals surface area contributed by atoms with Crippen LogP contribution >= 0.6 is 11.6 Å². The summed E-state index contributed by atoms with van der Waals surface area (Å²) in [5.74, 6) is 0.205. The molecule has 4 aromatic carbocycles. The third-order valence-corrected chi connectivity index (χ3v) is 6.53. The molecule has 0 fully saturated rings. The average Bonchev–Trinajstić information content (AvgIpc) is 3.27. The molecule has 0 saturated heterocycles. The highest BCUT2D eigenvalue weighted by molar-refractivity contribution is 6.30. The number of Topliss-reactive ketones (excluding diaryl/α,β-unsaturated/α-hetero) is 1. The number of aromatic amines is 1. The zero-order chi connectivity index (χ0) is 22.5. The minimum absolute atomic E-state index is 0.119. The number of benzene rings is 4. The van der Waals surface area contributed by atoms with Gasteiger partial charge in [0.25, 0.3) is 0 Å². The summed E-state index contributed by atoms with van der Waals surface area (Å²) in [4.78, 5) is 17.2. The van der Waals surface area contributed by atoms with Crippen molar-refractivity contribution in [3.63, 3.8) is 0 Å². The van der Waals surface area contributed by atoms with Gasteiger partial charge < -0.3 is 15.5 Å². The Labute approximate surface area is 195 Å². The number of hydrogen-bond acceptors (Lipinski definition) is 3. The van der Waals surface area contributed by atoms with E-state index in [1.807, 2.05) is 72.8 Å². The highest BCUT2D eigenvalue weighted by Gasteiger charge is 2.36. The van der Waals surface area contributed by atoms with Gasteiger partial charge in [-0.25, -0.2) is 0 Å². The second kappa shape index (κ2) is 7.54. The molecule has 4 nitrogen and oxygen atoms in total. The first kappa shape index (κ1) is 19.6. The Morgan fingerprint density at radius 3 is 2.42 bits per heavy atom. The van der Waals surface area contributed by atoms with Gasteiger partial charge in [0.05, 0.1) is 5.57 Å². The second-order valence-corrected chi connectivity index (χ2v) is 8.58. The van der Waals surface area contributed by atoms with Crippen molar-refractivity contribution in [2.24, 2.45) is 5.73 Å². The number of H-pyrrole nitrogens is 1. The number of carbonyl (C=O) groups excluding carboxylic acids is 1. The summed E-state index contributed by atoms with van der Waals surface area (Å²) in [6, 6.07) is 27.3. The molecule has 5 heteroatoms. The first-order valence-electron chi connectivity index (χ1n) is 10.7. The van der Waals surface area contributed by atoms with Crippen molar-refractivity contribution >= 4 is 39.1 Å². The molecule has 0 spiro atoms. The highest BCUT2D eigenvalue weighted by Crippen LogP contribution is 2.47. The van der Waals surface area contributed by atoms with Crippen molar-refractivity contribution in [2.45, 2.75) is 5.92 Å². The zero-order valence-corrected chi connectivity index (χ0v) is 18.3. The minimum atomic E-state index is -0.404. The van der Waals surface area contributed by atoms with Gasteiger partial charge in [-0.2, -0.15) is 0 Å². The SMILES string of the molecule is NC1=C(C(=O)c2c[nH]c3ccccc23)C(c2ccc(Cl)cc2)c2c(ccc3ccccc23)O1. The van der Waals surface area contributed by atoms with Gasteiger partial charge in [-0.3, -0.25) is 4.79 Å². The lowest BCUT2D eigenvalue weighted by Gasteiger charge is -2.30. The Morgan fingerprint density at radius 1 is 0.879 bits per heavy atom. The first-order valence-corrected chi connectivity index (χ1v) is 11.0. The predicted octanol–water partition coefficient (Wildman–Crippen LogP) is 6.55. The molecule has 0 radical (unpaired) electrons. The first-order chi connectivity index (χ1) is 16.1. The number of fused-ring (bicyclic) bond motifs is 4. The fraction of sp³-hybridized carbons (Fsp3) is 0.0357. The summed E-state index contributed by atoms with van der Waals surface area (Å²) in [6.07, 6.45) is 1.74. The number of hydrogen-bond donors (Lipinski definition) is 2. The molecule has 0 saturated carbocycles. The average molecular weight is 451 g/mol. The standard InChI is InChI=1S/C28H19ClN2O2/c29-18-12-9-17(10-13-18)24-25-19-6-2-1-5-16(19)11-14-23(25)33-28(30)26(24)27(32)21-15-31-22-8-4-3-7-20(21)22/h1-15,24,31H,30H2. The number of nitrogens with one attached hydrogen (secondary N) is 1. The van der Waals surface area contributed by atoms with Crippen molar-refractivity contribution in [3.8, 4) is 5.75 Å². The summed E-state index contributed by atoms with van der Waals surface area (Å²) in [5, 5.41) is 3.57. The summed E-state index contributed by atoms with van der Waals surface area (Å²) < 4.78 is 6.06. The Hall–Kier alpha value is -4.02. The number of halogens is 1. The summed E-state index contributed by atoms with van der Waals surface area (Å²) in [6.45, 7) is 0. The molecule has 0 bridgehead atoms. The van der Waals surface area contributed by atoms with E-state index in [9.17, 15) is 4.79 Å². The van der Waals surface area contributed by atoms with E-state index in [0.29, 0.717) is 21.9 Å².